The van der Waals surface area contributed by atoms with Gasteiger partial charge in [0.05, 0.1) is 0 Å². The van der Waals surface area contributed by atoms with Crippen molar-refractivity contribution in [2.24, 2.45) is 0 Å². The lowest BCUT2D eigenvalue weighted by molar-refractivity contribution is -0.121. The van der Waals surface area contributed by atoms with Crippen molar-refractivity contribution in [3.63, 3.8) is 0 Å². The van der Waals surface area contributed by atoms with E-state index in [1.807, 2.05) is 20.8 Å². The first-order valence-corrected chi connectivity index (χ1v) is 6.28. The van der Waals surface area contributed by atoms with E-state index in [0.717, 1.165) is 32.5 Å². The maximum Gasteiger partial charge on any atom is 0.135 e. The van der Waals surface area contributed by atoms with E-state index in [1.54, 1.807) is 0 Å². The number of allylic oxidation sites excluding steroid dienone is 2. The third kappa shape index (κ3) is 5.86. The van der Waals surface area contributed by atoms with Crippen molar-refractivity contribution in [3.05, 3.63) is 23.8 Å². The molecular weight excluding hydrogens is 198 g/mol. The number of rotatable bonds is 3. The topological polar surface area (TPSA) is 20.3 Å². The van der Waals surface area contributed by atoms with Crippen molar-refractivity contribution < 1.29 is 4.79 Å². The summed E-state index contributed by atoms with van der Waals surface area (Å²) in [6.45, 7) is 10.9. The van der Waals surface area contributed by atoms with E-state index in [2.05, 4.69) is 30.1 Å². The summed E-state index contributed by atoms with van der Waals surface area (Å²) in [7, 11) is 0. The maximum absolute atomic E-state index is 11.0. The number of nitrogens with zero attached hydrogens (tertiary/aromatic N) is 1. The SMILES string of the molecule is C/C=C\C(=C/C)CN1CCC(=O)CC1.CC. The second kappa shape index (κ2) is 9.34. The molecule has 0 amide bonds. The molecule has 1 aliphatic rings. The van der Waals surface area contributed by atoms with Gasteiger partial charge in [0.15, 0.2) is 0 Å². The number of piperidine rings is 1. The Morgan fingerprint density at radius 1 is 1.25 bits per heavy atom. The minimum absolute atomic E-state index is 0.411. The molecule has 0 aromatic heterocycles. The monoisotopic (exact) mass is 223 g/mol. The van der Waals surface area contributed by atoms with E-state index in [4.69, 9.17) is 0 Å². The van der Waals surface area contributed by atoms with Crippen LogP contribution in [-0.2, 0) is 4.79 Å². The first-order valence-electron chi connectivity index (χ1n) is 6.28. The fourth-order valence-corrected chi connectivity index (χ4v) is 1.67. The molecule has 0 unspecified atom stereocenters. The van der Waals surface area contributed by atoms with Gasteiger partial charge in [-0.2, -0.15) is 0 Å². The number of hydrogen-bond donors (Lipinski definition) is 0. The number of likely N-dealkylation sites (tertiary alicyclic amines) is 1. The number of carbonyl (C=O) groups excluding carboxylic acids is 1. The molecule has 1 fully saturated rings. The lowest BCUT2D eigenvalue weighted by atomic mass is 10.1. The summed E-state index contributed by atoms with van der Waals surface area (Å²) in [5.74, 6) is 0.411. The van der Waals surface area contributed by atoms with Crippen LogP contribution in [0.1, 0.15) is 40.5 Å². The van der Waals surface area contributed by atoms with Crippen LogP contribution in [-0.4, -0.2) is 30.3 Å². The van der Waals surface area contributed by atoms with Gasteiger partial charge in [-0.15, -0.1) is 0 Å². The van der Waals surface area contributed by atoms with Gasteiger partial charge in [0.1, 0.15) is 5.78 Å². The molecule has 16 heavy (non-hydrogen) atoms. The van der Waals surface area contributed by atoms with E-state index in [1.165, 1.54) is 5.57 Å². The predicted octanol–water partition coefficient (Wildman–Crippen LogP) is 3.20. The summed E-state index contributed by atoms with van der Waals surface area (Å²) in [5.41, 5.74) is 1.34. The lowest BCUT2D eigenvalue weighted by Crippen LogP contribution is -2.34. The minimum atomic E-state index is 0.411. The average Bonchev–Trinajstić information content (AvgIpc) is 2.34. The van der Waals surface area contributed by atoms with Gasteiger partial charge in [-0.25, -0.2) is 0 Å². The van der Waals surface area contributed by atoms with Crippen LogP contribution in [0.3, 0.4) is 0 Å². The second-order valence-electron chi connectivity index (χ2n) is 3.68. The van der Waals surface area contributed by atoms with Gasteiger partial charge in [-0.1, -0.05) is 32.1 Å². The molecule has 0 aliphatic carbocycles. The Bertz CT molecular complexity index is 243. The molecule has 0 saturated carbocycles. The Morgan fingerprint density at radius 2 is 1.81 bits per heavy atom. The van der Waals surface area contributed by atoms with Gasteiger partial charge in [-0.3, -0.25) is 9.69 Å². The molecule has 1 aliphatic heterocycles. The third-order valence-electron chi connectivity index (χ3n) is 2.57. The van der Waals surface area contributed by atoms with Crippen LogP contribution >= 0.6 is 0 Å². The van der Waals surface area contributed by atoms with Crippen molar-refractivity contribution >= 4 is 5.78 Å². The van der Waals surface area contributed by atoms with Crippen molar-refractivity contribution in [2.45, 2.75) is 40.5 Å². The number of carbonyl (C=O) groups is 1. The number of Topliss-reactive ketones (excluding diaryl/α,β-unsaturated/α-hetero) is 1. The molecule has 0 bridgehead atoms. The van der Waals surface area contributed by atoms with E-state index in [9.17, 15) is 4.79 Å². The highest BCUT2D eigenvalue weighted by Gasteiger charge is 2.15. The van der Waals surface area contributed by atoms with Gasteiger partial charge in [0.25, 0.3) is 0 Å². The van der Waals surface area contributed by atoms with Crippen LogP contribution in [0.4, 0.5) is 0 Å². The van der Waals surface area contributed by atoms with Gasteiger partial charge in [0.2, 0.25) is 0 Å². The molecule has 2 heteroatoms. The molecule has 0 atom stereocenters. The first-order chi connectivity index (χ1) is 7.76. The zero-order chi connectivity index (χ0) is 12.4. The smallest absolute Gasteiger partial charge is 0.135 e. The van der Waals surface area contributed by atoms with Gasteiger partial charge in [0, 0.05) is 32.5 Å². The van der Waals surface area contributed by atoms with E-state index < -0.39 is 0 Å². The highest BCUT2D eigenvalue weighted by molar-refractivity contribution is 5.79. The molecule has 1 heterocycles. The molecule has 0 aromatic carbocycles. The van der Waals surface area contributed by atoms with Crippen LogP contribution in [0.15, 0.2) is 23.8 Å². The quantitative estimate of drug-likeness (QED) is 0.685. The number of ketones is 1. The summed E-state index contributed by atoms with van der Waals surface area (Å²) in [6, 6.07) is 0. The summed E-state index contributed by atoms with van der Waals surface area (Å²) in [5, 5.41) is 0. The molecule has 92 valence electrons. The lowest BCUT2D eigenvalue weighted by Gasteiger charge is -2.26. The molecule has 1 saturated heterocycles. The molecular formula is C14H25NO. The first kappa shape index (κ1) is 15.1. The Balaban J connectivity index is 0.00000106. The van der Waals surface area contributed by atoms with Crippen molar-refractivity contribution in [2.75, 3.05) is 19.6 Å². The minimum Gasteiger partial charge on any atom is -0.300 e. The summed E-state index contributed by atoms with van der Waals surface area (Å²) in [4.78, 5) is 13.4. The summed E-state index contributed by atoms with van der Waals surface area (Å²) >= 11 is 0. The Hall–Kier alpha value is -0.890. The molecule has 1 rings (SSSR count). The van der Waals surface area contributed by atoms with E-state index in [0.29, 0.717) is 5.78 Å². The maximum atomic E-state index is 11.0. The van der Waals surface area contributed by atoms with E-state index in [-0.39, 0.29) is 0 Å². The van der Waals surface area contributed by atoms with Crippen molar-refractivity contribution in [3.8, 4) is 0 Å². The van der Waals surface area contributed by atoms with E-state index >= 15 is 0 Å². The molecule has 0 radical (unpaired) electrons. The predicted molar refractivity (Wildman–Crippen MR) is 70.6 cm³/mol. The average molecular weight is 223 g/mol. The highest BCUT2D eigenvalue weighted by atomic mass is 16.1. The molecule has 0 spiro atoms. The fourth-order valence-electron chi connectivity index (χ4n) is 1.67. The van der Waals surface area contributed by atoms with Crippen molar-refractivity contribution in [1.82, 2.24) is 4.90 Å². The standard InChI is InChI=1S/C12H19NO.C2H6/c1-3-5-11(4-2)10-13-8-6-12(14)7-9-13;1-2/h3-5H,6-10H2,1-2H3;1-2H3/b5-3-,11-4+;. The number of hydrogen-bond acceptors (Lipinski definition) is 2. The van der Waals surface area contributed by atoms with Crippen LogP contribution in [0.5, 0.6) is 0 Å². The fraction of sp³-hybridized carbons (Fsp3) is 0.643. The second-order valence-corrected chi connectivity index (χ2v) is 3.68. The van der Waals surface area contributed by atoms with Crippen LogP contribution in [0, 0.1) is 0 Å². The zero-order valence-corrected chi connectivity index (χ0v) is 11.1. The molecule has 2 nitrogen and oxygen atoms in total. The van der Waals surface area contributed by atoms with Gasteiger partial charge in [-0.05, 0) is 19.4 Å². The Morgan fingerprint density at radius 3 is 2.25 bits per heavy atom. The summed E-state index contributed by atoms with van der Waals surface area (Å²) in [6.07, 6.45) is 7.79. The van der Waals surface area contributed by atoms with Crippen LogP contribution < -0.4 is 0 Å². The Kier molecular flexibility index (Phi) is 8.82. The summed E-state index contributed by atoms with van der Waals surface area (Å²) < 4.78 is 0. The normalized spacial score (nSPS) is 18.5. The third-order valence-corrected chi connectivity index (χ3v) is 2.57. The largest absolute Gasteiger partial charge is 0.300 e. The van der Waals surface area contributed by atoms with Gasteiger partial charge >= 0.3 is 0 Å². The highest BCUT2D eigenvalue weighted by Crippen LogP contribution is 2.09. The van der Waals surface area contributed by atoms with Crippen molar-refractivity contribution in [1.29, 1.82) is 0 Å². The van der Waals surface area contributed by atoms with Crippen LogP contribution in [0.25, 0.3) is 0 Å². The molecule has 0 N–H and O–H groups in total. The Labute approximate surface area is 100 Å². The zero-order valence-electron chi connectivity index (χ0n) is 11.1. The van der Waals surface area contributed by atoms with Gasteiger partial charge < -0.3 is 0 Å². The molecule has 0 aromatic rings. The van der Waals surface area contributed by atoms with Crippen LogP contribution in [0.2, 0.25) is 0 Å².